The zero-order chi connectivity index (χ0) is 26.0. The Morgan fingerprint density at radius 2 is 1.56 bits per heavy atom. The first-order valence-corrected chi connectivity index (χ1v) is 12.6. The molecule has 4 rings (SSSR count). The van der Waals surface area contributed by atoms with E-state index in [2.05, 4.69) is 14.4 Å². The molecule has 0 radical (unpaired) electrons. The lowest BCUT2D eigenvalue weighted by molar-refractivity contribution is -0.274. The van der Waals surface area contributed by atoms with E-state index in [0.717, 1.165) is 48.0 Å². The fourth-order valence-corrected chi connectivity index (χ4v) is 5.80. The van der Waals surface area contributed by atoms with E-state index in [4.69, 9.17) is 0 Å². The van der Waals surface area contributed by atoms with Crippen LogP contribution in [0.3, 0.4) is 0 Å². The SMILES string of the molecule is O=S(=O)(NC1(c2cc(F)ccc2F)CCN(Cc2ccccc2)CC1)c1ccc(OC(F)(F)F)cc1. The van der Waals surface area contributed by atoms with Gasteiger partial charge in [0, 0.05) is 25.2 Å². The van der Waals surface area contributed by atoms with Gasteiger partial charge in [-0.1, -0.05) is 30.3 Å². The number of hydrogen-bond donors (Lipinski definition) is 1. The highest BCUT2D eigenvalue weighted by Crippen LogP contribution is 2.37. The number of alkyl halides is 3. The maximum absolute atomic E-state index is 14.9. The minimum atomic E-state index is -4.93. The Labute approximate surface area is 205 Å². The van der Waals surface area contributed by atoms with Crippen LogP contribution in [0, 0.1) is 11.6 Å². The van der Waals surface area contributed by atoms with Gasteiger partial charge in [-0.05, 0) is 60.9 Å². The van der Waals surface area contributed by atoms with E-state index < -0.39 is 39.3 Å². The molecule has 5 nitrogen and oxygen atoms in total. The molecule has 192 valence electrons. The number of sulfonamides is 1. The molecule has 1 aliphatic heterocycles. The molecule has 3 aromatic rings. The predicted molar refractivity (Wildman–Crippen MR) is 122 cm³/mol. The number of piperidine rings is 1. The van der Waals surface area contributed by atoms with Crippen molar-refractivity contribution in [2.45, 2.75) is 36.2 Å². The van der Waals surface area contributed by atoms with Crippen LogP contribution in [0.5, 0.6) is 5.75 Å². The lowest BCUT2D eigenvalue weighted by Gasteiger charge is -2.42. The van der Waals surface area contributed by atoms with E-state index in [-0.39, 0.29) is 23.3 Å². The fourth-order valence-electron chi connectivity index (χ4n) is 4.36. The molecule has 1 fully saturated rings. The molecule has 3 aromatic carbocycles. The normalized spacial score (nSPS) is 16.6. The Balaban J connectivity index is 1.61. The Kier molecular flexibility index (Phi) is 7.35. The van der Waals surface area contributed by atoms with Crippen molar-refractivity contribution >= 4 is 10.0 Å². The molecule has 0 spiro atoms. The third kappa shape index (κ3) is 6.21. The molecule has 0 aliphatic carbocycles. The molecule has 1 saturated heterocycles. The van der Waals surface area contributed by atoms with Gasteiger partial charge < -0.3 is 4.74 Å². The van der Waals surface area contributed by atoms with Crippen molar-refractivity contribution in [3.05, 3.63) is 95.6 Å². The van der Waals surface area contributed by atoms with Crippen LogP contribution in [0.15, 0.2) is 77.7 Å². The summed E-state index contributed by atoms with van der Waals surface area (Å²) in [7, 11) is -4.33. The summed E-state index contributed by atoms with van der Waals surface area (Å²) in [4.78, 5) is 1.75. The number of likely N-dealkylation sites (tertiary alicyclic amines) is 1. The van der Waals surface area contributed by atoms with E-state index in [1.165, 1.54) is 0 Å². The van der Waals surface area contributed by atoms with Crippen LogP contribution in [-0.2, 0) is 22.1 Å². The van der Waals surface area contributed by atoms with Crippen LogP contribution in [0.4, 0.5) is 22.0 Å². The number of nitrogens with zero attached hydrogens (tertiary/aromatic N) is 1. The molecule has 0 aromatic heterocycles. The van der Waals surface area contributed by atoms with Gasteiger partial charge in [-0.3, -0.25) is 4.90 Å². The molecule has 0 atom stereocenters. The summed E-state index contributed by atoms with van der Waals surface area (Å²) in [5, 5.41) is 0. The summed E-state index contributed by atoms with van der Waals surface area (Å²) < 4.78 is 99.1. The second-order valence-electron chi connectivity index (χ2n) is 8.59. The van der Waals surface area contributed by atoms with E-state index in [0.29, 0.717) is 19.6 Å². The smallest absolute Gasteiger partial charge is 0.406 e. The molecule has 1 aliphatic rings. The van der Waals surface area contributed by atoms with Crippen molar-refractivity contribution in [3.8, 4) is 5.75 Å². The van der Waals surface area contributed by atoms with Crippen LogP contribution in [0.1, 0.15) is 24.0 Å². The van der Waals surface area contributed by atoms with E-state index in [1.807, 2.05) is 30.3 Å². The highest BCUT2D eigenvalue weighted by atomic mass is 32.2. The second kappa shape index (κ2) is 10.2. The Morgan fingerprint density at radius 1 is 0.917 bits per heavy atom. The summed E-state index contributed by atoms with van der Waals surface area (Å²) in [6, 6.07) is 16.2. The topological polar surface area (TPSA) is 58.6 Å². The highest BCUT2D eigenvalue weighted by Gasteiger charge is 2.42. The summed E-state index contributed by atoms with van der Waals surface area (Å²) in [5.41, 5.74) is -0.523. The Morgan fingerprint density at radius 3 is 2.17 bits per heavy atom. The van der Waals surface area contributed by atoms with Gasteiger partial charge in [0.05, 0.1) is 10.4 Å². The minimum absolute atomic E-state index is 0.123. The van der Waals surface area contributed by atoms with E-state index in [1.54, 1.807) is 0 Å². The summed E-state index contributed by atoms with van der Waals surface area (Å²) in [5.74, 6) is -2.06. The molecular weight excluding hydrogens is 503 g/mol. The highest BCUT2D eigenvalue weighted by molar-refractivity contribution is 7.89. The van der Waals surface area contributed by atoms with Crippen LogP contribution < -0.4 is 9.46 Å². The first-order valence-electron chi connectivity index (χ1n) is 11.1. The zero-order valence-corrected chi connectivity index (χ0v) is 19.8. The molecule has 0 saturated carbocycles. The largest absolute Gasteiger partial charge is 0.573 e. The van der Waals surface area contributed by atoms with Crippen molar-refractivity contribution in [1.29, 1.82) is 0 Å². The summed E-state index contributed by atoms with van der Waals surface area (Å²) >= 11 is 0. The molecule has 0 bridgehead atoms. The monoisotopic (exact) mass is 526 g/mol. The van der Waals surface area contributed by atoms with Gasteiger partial charge in [0.25, 0.3) is 0 Å². The van der Waals surface area contributed by atoms with Gasteiger partial charge in [0.2, 0.25) is 10.0 Å². The second-order valence-corrected chi connectivity index (χ2v) is 10.3. The molecule has 1 N–H and O–H groups in total. The standard InChI is InChI=1S/C25H23F5N2O3S/c26-19-6-11-23(27)22(16-19)24(12-14-32(15-13-24)17-18-4-2-1-3-5-18)31-36(33,34)21-9-7-20(8-10-21)35-25(28,29)30/h1-11,16,31H,12-15,17H2. The maximum atomic E-state index is 14.9. The van der Waals surface area contributed by atoms with Gasteiger partial charge in [0.15, 0.2) is 0 Å². The summed E-state index contributed by atoms with van der Waals surface area (Å²) in [6.45, 7) is 1.40. The Hall–Kier alpha value is -3.02. The van der Waals surface area contributed by atoms with E-state index in [9.17, 15) is 30.4 Å². The van der Waals surface area contributed by atoms with Crippen LogP contribution >= 0.6 is 0 Å². The van der Waals surface area contributed by atoms with Crippen LogP contribution in [0.2, 0.25) is 0 Å². The molecule has 36 heavy (non-hydrogen) atoms. The third-order valence-corrected chi connectivity index (χ3v) is 7.65. The first kappa shape index (κ1) is 26.1. The van der Waals surface area contributed by atoms with E-state index >= 15 is 0 Å². The predicted octanol–water partition coefficient (Wildman–Crippen LogP) is 5.33. The van der Waals surface area contributed by atoms with Crippen molar-refractivity contribution in [2.24, 2.45) is 0 Å². The molecular formula is C25H23F5N2O3S. The number of nitrogens with one attached hydrogen (secondary N) is 1. The number of rotatable bonds is 7. The number of hydrogen-bond acceptors (Lipinski definition) is 4. The average molecular weight is 527 g/mol. The lowest BCUT2D eigenvalue weighted by atomic mass is 9.81. The quantitative estimate of drug-likeness (QED) is 0.423. The van der Waals surface area contributed by atoms with Crippen molar-refractivity contribution in [1.82, 2.24) is 9.62 Å². The summed E-state index contributed by atoms with van der Waals surface area (Å²) in [6.07, 6.45) is -4.63. The fraction of sp³-hybridized carbons (Fsp3) is 0.280. The lowest BCUT2D eigenvalue weighted by Crippen LogP contribution is -2.53. The molecule has 11 heteroatoms. The van der Waals surface area contributed by atoms with Gasteiger partial charge >= 0.3 is 6.36 Å². The van der Waals surface area contributed by atoms with Crippen LogP contribution in [-0.4, -0.2) is 32.8 Å². The van der Waals surface area contributed by atoms with Crippen molar-refractivity contribution < 1.29 is 35.1 Å². The minimum Gasteiger partial charge on any atom is -0.406 e. The maximum Gasteiger partial charge on any atom is 0.573 e. The van der Waals surface area contributed by atoms with Crippen LogP contribution in [0.25, 0.3) is 0 Å². The van der Waals surface area contributed by atoms with Gasteiger partial charge in [-0.15, -0.1) is 13.2 Å². The molecule has 0 amide bonds. The average Bonchev–Trinajstić information content (AvgIpc) is 2.82. The number of ether oxygens (including phenoxy) is 1. The van der Waals surface area contributed by atoms with Gasteiger partial charge in [-0.25, -0.2) is 21.9 Å². The van der Waals surface area contributed by atoms with Gasteiger partial charge in [-0.2, -0.15) is 0 Å². The van der Waals surface area contributed by atoms with Crippen molar-refractivity contribution in [2.75, 3.05) is 13.1 Å². The Bertz CT molecular complexity index is 1290. The third-order valence-electron chi connectivity index (χ3n) is 6.10. The number of halogens is 5. The van der Waals surface area contributed by atoms with Crippen molar-refractivity contribution in [3.63, 3.8) is 0 Å². The first-order chi connectivity index (χ1) is 17.0. The van der Waals surface area contributed by atoms with Gasteiger partial charge in [0.1, 0.15) is 17.4 Å². The molecule has 1 heterocycles. The molecule has 0 unspecified atom stereocenters. The number of benzene rings is 3. The zero-order valence-electron chi connectivity index (χ0n) is 18.9.